The van der Waals surface area contributed by atoms with E-state index in [2.05, 4.69) is 67.4 Å². The van der Waals surface area contributed by atoms with Gasteiger partial charge >= 0.3 is 186 Å². The molecule has 0 bridgehead atoms. The molecular formula is C25H18IN4-. The van der Waals surface area contributed by atoms with Crippen LogP contribution in [0.3, 0.4) is 0 Å². The second kappa shape index (κ2) is 6.54. The second-order valence-electron chi connectivity index (χ2n) is 8.00. The standard InChI is InChI=1S/C25H18IN4/c1-25(2)17-8-4-3-7-16(17)22-18(25)14-28-24(30-22)15-11-12-27-21(13-15)23-26-19-9-5-6-10-20(19)29-23/h3-14H,1-2H3/q-1. The molecule has 5 heteroatoms. The summed E-state index contributed by atoms with van der Waals surface area (Å²) in [5, 5.41) is 0. The molecule has 0 saturated heterocycles. The molecule has 1 aliphatic heterocycles. The molecule has 0 N–H and O–H groups in total. The van der Waals surface area contributed by atoms with Crippen molar-refractivity contribution in [1.82, 2.24) is 15.0 Å². The Labute approximate surface area is 185 Å². The average Bonchev–Trinajstić information content (AvgIpc) is 3.32. The van der Waals surface area contributed by atoms with E-state index in [0.29, 0.717) is 0 Å². The number of nitrogens with zero attached hydrogens (tertiary/aromatic N) is 4. The molecule has 0 atom stereocenters. The van der Waals surface area contributed by atoms with E-state index in [1.165, 1.54) is 20.3 Å². The molecule has 0 spiro atoms. The van der Waals surface area contributed by atoms with Gasteiger partial charge in [-0.1, -0.05) is 0 Å². The van der Waals surface area contributed by atoms with Gasteiger partial charge in [0.2, 0.25) is 0 Å². The van der Waals surface area contributed by atoms with E-state index in [4.69, 9.17) is 15.0 Å². The van der Waals surface area contributed by atoms with Gasteiger partial charge < -0.3 is 0 Å². The zero-order chi connectivity index (χ0) is 20.3. The van der Waals surface area contributed by atoms with Crippen LogP contribution in [0.5, 0.6) is 0 Å². The van der Waals surface area contributed by atoms with Crippen molar-refractivity contribution >= 4 is 9.41 Å². The van der Waals surface area contributed by atoms with Crippen molar-refractivity contribution in [1.29, 1.82) is 0 Å². The molecule has 2 aromatic heterocycles. The Morgan fingerprint density at radius 3 is 2.60 bits per heavy atom. The minimum atomic E-state index is -0.311. The summed E-state index contributed by atoms with van der Waals surface area (Å²) in [4.78, 5) is 19.2. The summed E-state index contributed by atoms with van der Waals surface area (Å²) in [5.74, 6) is 0.735. The normalized spacial score (nSPS) is 15.6. The van der Waals surface area contributed by atoms with Crippen LogP contribution in [0.15, 0.2) is 78.0 Å². The molecular weight excluding hydrogens is 483 g/mol. The molecule has 1 aliphatic carbocycles. The third-order valence-corrected chi connectivity index (χ3v) is 8.61. The molecule has 2 aliphatic rings. The van der Waals surface area contributed by atoms with Crippen LogP contribution in [0.2, 0.25) is 0 Å². The molecule has 0 saturated carbocycles. The molecule has 6 rings (SSSR count). The maximum atomic E-state index is 5.00. The number of pyridine rings is 1. The van der Waals surface area contributed by atoms with Crippen molar-refractivity contribution in [3.05, 3.63) is 93.4 Å². The Morgan fingerprint density at radius 1 is 0.867 bits per heavy atom. The predicted octanol–water partition coefficient (Wildman–Crippen LogP) is 2.20. The Kier molecular flexibility index (Phi) is 3.90. The molecule has 2 aromatic carbocycles. The fourth-order valence-corrected chi connectivity index (χ4v) is 6.66. The van der Waals surface area contributed by atoms with E-state index in [1.807, 2.05) is 24.5 Å². The van der Waals surface area contributed by atoms with Crippen LogP contribution >= 0.6 is 0 Å². The monoisotopic (exact) mass is 501 g/mol. The number of fused-ring (bicyclic) bond motifs is 4. The topological polar surface area (TPSA) is 51.0 Å². The summed E-state index contributed by atoms with van der Waals surface area (Å²) in [6.45, 7) is 4.48. The summed E-state index contributed by atoms with van der Waals surface area (Å²) in [5.41, 5.74) is 7.65. The van der Waals surface area contributed by atoms with E-state index in [9.17, 15) is 0 Å². The van der Waals surface area contributed by atoms with E-state index >= 15 is 0 Å². The van der Waals surface area contributed by atoms with Gasteiger partial charge in [-0.15, -0.1) is 0 Å². The van der Waals surface area contributed by atoms with Gasteiger partial charge in [0.25, 0.3) is 0 Å². The van der Waals surface area contributed by atoms with E-state index in [0.717, 1.165) is 32.2 Å². The van der Waals surface area contributed by atoms with E-state index < -0.39 is 0 Å². The average molecular weight is 501 g/mol. The van der Waals surface area contributed by atoms with Gasteiger partial charge in [-0.3, -0.25) is 0 Å². The molecule has 0 amide bonds. The first-order chi connectivity index (χ1) is 14.6. The van der Waals surface area contributed by atoms with Gasteiger partial charge in [-0.05, 0) is 0 Å². The quantitative estimate of drug-likeness (QED) is 0.396. The predicted molar refractivity (Wildman–Crippen MR) is 114 cm³/mol. The van der Waals surface area contributed by atoms with Crippen molar-refractivity contribution in [3.8, 4) is 22.6 Å². The van der Waals surface area contributed by atoms with Crippen LogP contribution in [-0.4, -0.2) is 18.7 Å². The fourth-order valence-electron chi connectivity index (χ4n) is 4.20. The summed E-state index contributed by atoms with van der Waals surface area (Å²) >= 11 is -0.311. The Hall–Kier alpha value is -2.93. The number of halogens is 1. The number of aromatic nitrogens is 3. The Bertz CT molecular complexity index is 1360. The molecule has 4 nitrogen and oxygen atoms in total. The number of para-hydroxylation sites is 1. The number of benzene rings is 2. The zero-order valence-corrected chi connectivity index (χ0v) is 18.8. The minimum absolute atomic E-state index is 0.0807. The van der Waals surface area contributed by atoms with Crippen molar-refractivity contribution in [2.45, 2.75) is 19.3 Å². The van der Waals surface area contributed by atoms with Gasteiger partial charge in [-0.2, -0.15) is 0 Å². The van der Waals surface area contributed by atoms with E-state index in [-0.39, 0.29) is 26.6 Å². The van der Waals surface area contributed by atoms with Crippen LogP contribution in [-0.2, 0) is 5.41 Å². The molecule has 146 valence electrons. The van der Waals surface area contributed by atoms with E-state index in [1.54, 1.807) is 0 Å². The van der Waals surface area contributed by atoms with Crippen LogP contribution in [0.25, 0.3) is 22.6 Å². The fraction of sp³-hybridized carbons (Fsp3) is 0.120. The van der Waals surface area contributed by atoms with Gasteiger partial charge in [0.15, 0.2) is 0 Å². The SMILES string of the molecule is CC1(C)c2ccccc2-c2nc(-c3ccnc(C4=Nc5ccccc5[I-]4)c3)ncc21. The van der Waals surface area contributed by atoms with Crippen LogP contribution in [0.1, 0.15) is 30.7 Å². The third kappa shape index (κ3) is 2.65. The van der Waals surface area contributed by atoms with Crippen molar-refractivity contribution in [3.63, 3.8) is 0 Å². The number of rotatable bonds is 2. The van der Waals surface area contributed by atoms with Crippen molar-refractivity contribution in [2.24, 2.45) is 4.99 Å². The summed E-state index contributed by atoms with van der Waals surface area (Å²) < 4.78 is 2.45. The molecule has 30 heavy (non-hydrogen) atoms. The van der Waals surface area contributed by atoms with Gasteiger partial charge in [0.1, 0.15) is 0 Å². The summed E-state index contributed by atoms with van der Waals surface area (Å²) in [7, 11) is 0. The number of aliphatic imine (C=N–C) groups is 1. The Morgan fingerprint density at radius 2 is 1.70 bits per heavy atom. The van der Waals surface area contributed by atoms with Gasteiger partial charge in [0.05, 0.1) is 0 Å². The van der Waals surface area contributed by atoms with Crippen molar-refractivity contribution < 1.29 is 21.2 Å². The van der Waals surface area contributed by atoms with Crippen LogP contribution in [0, 0.1) is 3.57 Å². The molecule has 4 aromatic rings. The molecule has 3 heterocycles. The zero-order valence-electron chi connectivity index (χ0n) is 16.6. The summed E-state index contributed by atoms with van der Waals surface area (Å²) in [6.07, 6.45) is 3.84. The van der Waals surface area contributed by atoms with Crippen molar-refractivity contribution in [2.75, 3.05) is 0 Å². The maximum absolute atomic E-state index is 5.00. The van der Waals surface area contributed by atoms with Crippen LogP contribution < -0.4 is 21.2 Å². The first kappa shape index (κ1) is 17.9. The molecule has 0 unspecified atom stereocenters. The van der Waals surface area contributed by atoms with Gasteiger partial charge in [-0.25, -0.2) is 0 Å². The van der Waals surface area contributed by atoms with Crippen LogP contribution in [0.4, 0.5) is 5.69 Å². The first-order valence-corrected chi connectivity index (χ1v) is 12.0. The first-order valence-electron chi connectivity index (χ1n) is 9.88. The third-order valence-electron chi connectivity index (χ3n) is 5.81. The summed E-state index contributed by atoms with van der Waals surface area (Å²) in [6, 6.07) is 21.0. The molecule has 0 fully saturated rings. The number of hydrogen-bond donors (Lipinski definition) is 0. The molecule has 0 radical (unpaired) electrons. The second-order valence-corrected chi connectivity index (χ2v) is 10.7. The Balaban J connectivity index is 1.42. The number of hydrogen-bond acceptors (Lipinski definition) is 4. The van der Waals surface area contributed by atoms with Gasteiger partial charge in [0, 0.05) is 0 Å².